The van der Waals surface area contributed by atoms with Crippen molar-refractivity contribution < 1.29 is 14.4 Å². The molecule has 0 atom stereocenters. The van der Waals surface area contributed by atoms with Gasteiger partial charge >= 0.3 is 6.03 Å². The predicted octanol–water partition coefficient (Wildman–Crippen LogP) is 5.07. The summed E-state index contributed by atoms with van der Waals surface area (Å²) in [5.41, 5.74) is 9.26. The van der Waals surface area contributed by atoms with Gasteiger partial charge in [-0.05, 0) is 61.4 Å². The van der Waals surface area contributed by atoms with Gasteiger partial charge in [-0.25, -0.2) is 10.2 Å². The van der Waals surface area contributed by atoms with Crippen molar-refractivity contribution in [3.8, 4) is 0 Å². The number of fused-ring (bicyclic) bond motifs is 2. The Hall–Kier alpha value is -3.78. The van der Waals surface area contributed by atoms with Crippen LogP contribution in [0.3, 0.4) is 0 Å². The lowest BCUT2D eigenvalue weighted by Crippen LogP contribution is -2.48. The van der Waals surface area contributed by atoms with Crippen molar-refractivity contribution in [3.63, 3.8) is 0 Å². The number of hydrogen-bond acceptors (Lipinski definition) is 4. The van der Waals surface area contributed by atoms with Crippen LogP contribution in [0.5, 0.6) is 0 Å². The Morgan fingerprint density at radius 2 is 1.36 bits per heavy atom. The molecule has 0 aliphatic carbocycles. The Kier molecular flexibility index (Phi) is 6.65. The molecule has 0 fully saturated rings. The molecule has 3 aromatic rings. The normalized spacial score (nSPS) is 11.8. The molecule has 4 rings (SSSR count). The van der Waals surface area contributed by atoms with E-state index in [1.807, 2.05) is 80.6 Å². The summed E-state index contributed by atoms with van der Waals surface area (Å²) in [5.74, 6) is -0.720. The zero-order chi connectivity index (χ0) is 23.4. The molecule has 1 aliphatic heterocycles. The average molecular weight is 461 g/mol. The van der Waals surface area contributed by atoms with Crippen LogP contribution in [-0.2, 0) is 9.59 Å². The quantitative estimate of drug-likeness (QED) is 0.475. The molecule has 0 aromatic heterocycles. The lowest BCUT2D eigenvalue weighted by molar-refractivity contribution is -0.124. The van der Waals surface area contributed by atoms with E-state index in [1.165, 1.54) is 4.90 Å². The molecular formula is C25H24N4O3S. The third kappa shape index (κ3) is 5.18. The van der Waals surface area contributed by atoms with Gasteiger partial charge in [-0.3, -0.25) is 19.9 Å². The van der Waals surface area contributed by atoms with E-state index in [0.717, 1.165) is 32.3 Å². The Labute approximate surface area is 196 Å². The number of carbonyl (C=O) groups is 3. The Morgan fingerprint density at radius 3 is 2.00 bits per heavy atom. The monoisotopic (exact) mass is 460 g/mol. The van der Waals surface area contributed by atoms with Crippen molar-refractivity contribution in [1.82, 2.24) is 10.9 Å². The third-order valence-electron chi connectivity index (χ3n) is 5.31. The second kappa shape index (κ2) is 9.79. The second-order valence-electron chi connectivity index (χ2n) is 7.70. The van der Waals surface area contributed by atoms with Gasteiger partial charge in [0.2, 0.25) is 11.8 Å². The largest absolute Gasteiger partial charge is 0.345 e. The molecule has 168 valence electrons. The van der Waals surface area contributed by atoms with Crippen LogP contribution in [0.1, 0.15) is 24.0 Å². The van der Waals surface area contributed by atoms with Crippen molar-refractivity contribution in [2.75, 3.05) is 10.2 Å². The number of urea groups is 1. The fraction of sp³-hybridized carbons (Fsp3) is 0.160. The number of anilines is 3. The van der Waals surface area contributed by atoms with Crippen molar-refractivity contribution in [3.05, 3.63) is 77.9 Å². The maximum atomic E-state index is 13.0. The highest BCUT2D eigenvalue weighted by molar-refractivity contribution is 7.99. The Balaban J connectivity index is 1.33. The number of nitrogens with zero attached hydrogens (tertiary/aromatic N) is 1. The van der Waals surface area contributed by atoms with Crippen LogP contribution in [0.2, 0.25) is 0 Å². The van der Waals surface area contributed by atoms with E-state index in [1.54, 1.807) is 11.8 Å². The lowest BCUT2D eigenvalue weighted by atomic mass is 10.1. The average Bonchev–Trinajstić information content (AvgIpc) is 2.82. The fourth-order valence-electron chi connectivity index (χ4n) is 3.43. The van der Waals surface area contributed by atoms with Crippen LogP contribution in [0.4, 0.5) is 21.9 Å². The first-order valence-electron chi connectivity index (χ1n) is 10.5. The molecule has 0 saturated carbocycles. The first kappa shape index (κ1) is 22.4. The number of rotatable bonds is 4. The van der Waals surface area contributed by atoms with E-state index in [2.05, 4.69) is 16.2 Å². The molecule has 0 saturated heterocycles. The number of amides is 4. The highest BCUT2D eigenvalue weighted by Crippen LogP contribution is 2.47. The number of para-hydroxylation sites is 2. The topological polar surface area (TPSA) is 90.5 Å². The zero-order valence-electron chi connectivity index (χ0n) is 18.3. The molecule has 8 heteroatoms. The molecule has 0 unspecified atom stereocenters. The molecule has 3 aromatic carbocycles. The van der Waals surface area contributed by atoms with Crippen LogP contribution in [0, 0.1) is 13.8 Å². The number of nitrogens with one attached hydrogen (secondary N) is 3. The molecule has 1 heterocycles. The highest BCUT2D eigenvalue weighted by atomic mass is 32.2. The van der Waals surface area contributed by atoms with Gasteiger partial charge in [-0.2, -0.15) is 0 Å². The Bertz CT molecular complexity index is 1180. The van der Waals surface area contributed by atoms with Gasteiger partial charge in [0, 0.05) is 28.3 Å². The smallest absolute Gasteiger partial charge is 0.326 e. The van der Waals surface area contributed by atoms with Gasteiger partial charge in [-0.15, -0.1) is 0 Å². The minimum atomic E-state index is -0.483. The van der Waals surface area contributed by atoms with Crippen LogP contribution < -0.4 is 21.1 Å². The van der Waals surface area contributed by atoms with Gasteiger partial charge in [0.15, 0.2) is 0 Å². The molecule has 3 N–H and O–H groups in total. The summed E-state index contributed by atoms with van der Waals surface area (Å²) in [7, 11) is 0. The third-order valence-corrected chi connectivity index (χ3v) is 6.44. The summed E-state index contributed by atoms with van der Waals surface area (Å²) in [4.78, 5) is 40.8. The molecule has 1 aliphatic rings. The van der Waals surface area contributed by atoms with Gasteiger partial charge in [-0.1, -0.05) is 42.1 Å². The van der Waals surface area contributed by atoms with E-state index < -0.39 is 11.9 Å². The molecule has 7 nitrogen and oxygen atoms in total. The van der Waals surface area contributed by atoms with E-state index in [9.17, 15) is 14.4 Å². The summed E-state index contributed by atoms with van der Waals surface area (Å²) in [6.45, 7) is 3.97. The number of benzene rings is 3. The molecule has 0 bridgehead atoms. The highest BCUT2D eigenvalue weighted by Gasteiger charge is 2.28. The van der Waals surface area contributed by atoms with Crippen molar-refractivity contribution >= 4 is 46.7 Å². The van der Waals surface area contributed by atoms with Crippen molar-refractivity contribution in [2.24, 2.45) is 0 Å². The van der Waals surface area contributed by atoms with E-state index in [4.69, 9.17) is 0 Å². The molecule has 0 spiro atoms. The summed E-state index contributed by atoms with van der Waals surface area (Å²) in [6.07, 6.45) is -0.0549. The Morgan fingerprint density at radius 1 is 0.758 bits per heavy atom. The maximum Gasteiger partial charge on any atom is 0.345 e. The molecule has 33 heavy (non-hydrogen) atoms. The van der Waals surface area contributed by atoms with Crippen LogP contribution in [0.15, 0.2) is 76.5 Å². The summed E-state index contributed by atoms with van der Waals surface area (Å²) in [5, 5.41) is 2.79. The molecule has 0 radical (unpaired) electrons. The lowest BCUT2D eigenvalue weighted by Gasteiger charge is -2.30. The first-order valence-corrected chi connectivity index (χ1v) is 11.4. The number of aryl methyl sites for hydroxylation is 2. The van der Waals surface area contributed by atoms with Crippen LogP contribution >= 0.6 is 11.8 Å². The van der Waals surface area contributed by atoms with E-state index >= 15 is 0 Å². The minimum Gasteiger partial charge on any atom is -0.326 e. The predicted molar refractivity (Wildman–Crippen MR) is 130 cm³/mol. The van der Waals surface area contributed by atoms with Crippen LogP contribution in [-0.4, -0.2) is 17.8 Å². The first-order chi connectivity index (χ1) is 15.9. The molecule has 4 amide bonds. The number of hydrazine groups is 1. The summed E-state index contributed by atoms with van der Waals surface area (Å²) in [6, 6.07) is 20.3. The minimum absolute atomic E-state index is 0.000644. The molecular weight excluding hydrogens is 436 g/mol. The number of carbonyl (C=O) groups excluding carboxylic acids is 3. The number of hydrogen-bond donors (Lipinski definition) is 3. The van der Waals surface area contributed by atoms with E-state index in [-0.39, 0.29) is 18.7 Å². The van der Waals surface area contributed by atoms with Crippen molar-refractivity contribution in [1.29, 1.82) is 0 Å². The standard InChI is InChI=1S/C25H24N4O3S/c1-16-11-12-18(15-17(16)2)26-23(30)13-14-24(31)27-28-25(32)29-19-7-3-5-9-21(19)33-22-10-6-4-8-20(22)29/h3-12,15H,13-14H2,1-2H3,(H,26,30)(H,27,31)(H,28,32). The second-order valence-corrected chi connectivity index (χ2v) is 8.78. The summed E-state index contributed by atoms with van der Waals surface area (Å²) >= 11 is 1.59. The van der Waals surface area contributed by atoms with Gasteiger partial charge < -0.3 is 5.32 Å². The summed E-state index contributed by atoms with van der Waals surface area (Å²) < 4.78 is 0. The van der Waals surface area contributed by atoms with Gasteiger partial charge in [0.25, 0.3) is 0 Å². The van der Waals surface area contributed by atoms with Gasteiger partial charge in [0.1, 0.15) is 0 Å². The van der Waals surface area contributed by atoms with E-state index in [0.29, 0.717) is 5.69 Å². The SMILES string of the molecule is Cc1ccc(NC(=O)CCC(=O)NNC(=O)N2c3ccccc3Sc3ccccc32)cc1C. The fourth-order valence-corrected chi connectivity index (χ4v) is 4.49. The van der Waals surface area contributed by atoms with Crippen LogP contribution in [0.25, 0.3) is 0 Å². The zero-order valence-corrected chi connectivity index (χ0v) is 19.2. The maximum absolute atomic E-state index is 13.0. The van der Waals surface area contributed by atoms with Crippen molar-refractivity contribution in [2.45, 2.75) is 36.5 Å². The van der Waals surface area contributed by atoms with Gasteiger partial charge in [0.05, 0.1) is 11.4 Å².